The minimum atomic E-state index is -0.0515. The zero-order chi connectivity index (χ0) is 16.3. The maximum atomic E-state index is 11.8. The average molecular weight is 319 g/mol. The first-order chi connectivity index (χ1) is 11.1. The molecule has 3 heterocycles. The number of amides is 1. The summed E-state index contributed by atoms with van der Waals surface area (Å²) in [6.45, 7) is 3.01. The maximum absolute atomic E-state index is 11.8. The average Bonchev–Trinajstić information content (AvgIpc) is 2.93. The molecule has 2 aliphatic rings. The number of carbonyl (C=O) groups excluding carboxylic acids is 1. The number of nitrogens with one attached hydrogen (secondary N) is 1. The van der Waals surface area contributed by atoms with Crippen molar-refractivity contribution in [3.63, 3.8) is 0 Å². The van der Waals surface area contributed by atoms with E-state index in [4.69, 9.17) is 4.74 Å². The molecule has 0 aromatic carbocycles. The second kappa shape index (κ2) is 6.80. The van der Waals surface area contributed by atoms with Crippen molar-refractivity contribution in [3.05, 3.63) is 18.5 Å². The van der Waals surface area contributed by atoms with E-state index in [1.807, 2.05) is 6.07 Å². The quantitative estimate of drug-likeness (QED) is 0.876. The molecule has 2 aliphatic heterocycles. The number of piperidine rings is 1. The number of carbonyl (C=O) groups is 1. The monoisotopic (exact) mass is 319 g/mol. The number of hydrogen-bond acceptors (Lipinski definition) is 6. The molecule has 23 heavy (non-hydrogen) atoms. The summed E-state index contributed by atoms with van der Waals surface area (Å²) in [5.74, 6) is 0.821. The van der Waals surface area contributed by atoms with E-state index in [9.17, 15) is 4.79 Å². The predicted molar refractivity (Wildman–Crippen MR) is 87.1 cm³/mol. The van der Waals surface area contributed by atoms with Gasteiger partial charge in [-0.25, -0.2) is 9.97 Å². The predicted octanol–water partition coefficient (Wildman–Crippen LogP) is 0.600. The van der Waals surface area contributed by atoms with Crippen molar-refractivity contribution in [1.82, 2.24) is 19.8 Å². The summed E-state index contributed by atoms with van der Waals surface area (Å²) in [4.78, 5) is 24.1. The topological polar surface area (TPSA) is 70.6 Å². The first kappa shape index (κ1) is 16.1. The maximum Gasteiger partial charge on any atom is 0.236 e. The first-order valence-electron chi connectivity index (χ1n) is 8.16. The van der Waals surface area contributed by atoms with Gasteiger partial charge in [0.2, 0.25) is 11.9 Å². The lowest BCUT2D eigenvalue weighted by atomic mass is 9.87. The number of rotatable bonds is 4. The van der Waals surface area contributed by atoms with Gasteiger partial charge in [-0.05, 0) is 25.3 Å². The molecule has 0 saturated carbocycles. The SMILES string of the molecule is CN(C)C(=O)CN1CCC2(CC1)C[C@@H](Nc1ncccn1)CO2. The molecule has 1 spiro atoms. The molecule has 1 amide bonds. The van der Waals surface area contributed by atoms with Crippen LogP contribution >= 0.6 is 0 Å². The molecule has 7 heteroatoms. The van der Waals surface area contributed by atoms with Gasteiger partial charge in [0, 0.05) is 39.6 Å². The second-order valence-electron chi connectivity index (χ2n) is 6.68. The highest BCUT2D eigenvalue weighted by molar-refractivity contribution is 5.77. The first-order valence-corrected chi connectivity index (χ1v) is 8.16. The molecular formula is C16H25N5O2. The number of likely N-dealkylation sites (N-methyl/N-ethyl adjacent to an activating group) is 1. The lowest BCUT2D eigenvalue weighted by molar-refractivity contribution is -0.131. The molecule has 2 fully saturated rings. The molecule has 126 valence electrons. The van der Waals surface area contributed by atoms with Crippen LogP contribution in [0.5, 0.6) is 0 Å². The summed E-state index contributed by atoms with van der Waals surface area (Å²) in [6.07, 6.45) is 6.39. The normalized spacial score (nSPS) is 23.8. The summed E-state index contributed by atoms with van der Waals surface area (Å²) in [5, 5.41) is 3.35. The second-order valence-corrected chi connectivity index (χ2v) is 6.68. The van der Waals surface area contributed by atoms with Crippen LogP contribution in [-0.4, -0.2) is 77.7 Å². The van der Waals surface area contributed by atoms with Gasteiger partial charge in [-0.15, -0.1) is 0 Å². The van der Waals surface area contributed by atoms with Crippen LogP contribution < -0.4 is 5.32 Å². The zero-order valence-corrected chi connectivity index (χ0v) is 13.9. The third-order valence-corrected chi connectivity index (χ3v) is 4.73. The Bertz CT molecular complexity index is 529. The van der Waals surface area contributed by atoms with Crippen molar-refractivity contribution >= 4 is 11.9 Å². The van der Waals surface area contributed by atoms with Crippen molar-refractivity contribution < 1.29 is 9.53 Å². The summed E-state index contributed by atoms with van der Waals surface area (Å²) in [6, 6.07) is 2.06. The summed E-state index contributed by atoms with van der Waals surface area (Å²) in [7, 11) is 3.60. The highest BCUT2D eigenvalue weighted by Gasteiger charge is 2.43. The third kappa shape index (κ3) is 3.97. The van der Waals surface area contributed by atoms with Crippen LogP contribution in [0.15, 0.2) is 18.5 Å². The Balaban J connectivity index is 1.48. The molecular weight excluding hydrogens is 294 g/mol. The Morgan fingerprint density at radius 3 is 2.74 bits per heavy atom. The molecule has 1 atom stereocenters. The molecule has 0 aliphatic carbocycles. The van der Waals surface area contributed by atoms with Crippen LogP contribution in [0.2, 0.25) is 0 Å². The number of ether oxygens (including phenoxy) is 1. The van der Waals surface area contributed by atoms with Crippen molar-refractivity contribution in [2.45, 2.75) is 30.9 Å². The fraction of sp³-hybridized carbons (Fsp3) is 0.688. The fourth-order valence-corrected chi connectivity index (χ4v) is 3.29. The molecule has 1 N–H and O–H groups in total. The minimum absolute atomic E-state index is 0.0515. The lowest BCUT2D eigenvalue weighted by Gasteiger charge is -2.38. The van der Waals surface area contributed by atoms with Gasteiger partial charge in [-0.2, -0.15) is 0 Å². The molecule has 0 radical (unpaired) electrons. The van der Waals surface area contributed by atoms with Crippen LogP contribution in [0.25, 0.3) is 0 Å². The van der Waals surface area contributed by atoms with Gasteiger partial charge in [0.1, 0.15) is 0 Å². The lowest BCUT2D eigenvalue weighted by Crippen LogP contribution is -2.47. The van der Waals surface area contributed by atoms with Crippen molar-refractivity contribution in [3.8, 4) is 0 Å². The van der Waals surface area contributed by atoms with E-state index in [2.05, 4.69) is 20.2 Å². The highest BCUT2D eigenvalue weighted by Crippen LogP contribution is 2.36. The summed E-state index contributed by atoms with van der Waals surface area (Å²) < 4.78 is 6.13. The van der Waals surface area contributed by atoms with Crippen LogP contribution in [0.3, 0.4) is 0 Å². The van der Waals surface area contributed by atoms with Gasteiger partial charge in [-0.1, -0.05) is 0 Å². The van der Waals surface area contributed by atoms with Gasteiger partial charge in [-0.3, -0.25) is 9.69 Å². The molecule has 1 aromatic rings. The Hall–Kier alpha value is -1.73. The fourth-order valence-electron chi connectivity index (χ4n) is 3.29. The molecule has 2 saturated heterocycles. The molecule has 1 aromatic heterocycles. The van der Waals surface area contributed by atoms with Crippen LogP contribution in [0, 0.1) is 0 Å². The van der Waals surface area contributed by atoms with Crippen molar-refractivity contribution in [2.75, 3.05) is 45.7 Å². The van der Waals surface area contributed by atoms with Crippen LogP contribution in [-0.2, 0) is 9.53 Å². The molecule has 0 bridgehead atoms. The smallest absolute Gasteiger partial charge is 0.236 e. The number of nitrogens with zero attached hydrogens (tertiary/aromatic N) is 4. The van der Waals surface area contributed by atoms with E-state index in [0.29, 0.717) is 19.1 Å². The standard InChI is InChI=1S/C16H25N5O2/c1-20(2)14(22)11-21-8-4-16(5-9-21)10-13(12-23-16)19-15-17-6-3-7-18-15/h3,6-7,13H,4-5,8-12H2,1-2H3,(H,17,18,19)/t13-/m1/s1. The number of anilines is 1. The zero-order valence-electron chi connectivity index (χ0n) is 13.9. The van der Waals surface area contributed by atoms with Gasteiger partial charge < -0.3 is 15.0 Å². The minimum Gasteiger partial charge on any atom is -0.373 e. The van der Waals surface area contributed by atoms with Crippen molar-refractivity contribution in [1.29, 1.82) is 0 Å². The number of hydrogen-bond donors (Lipinski definition) is 1. The largest absolute Gasteiger partial charge is 0.373 e. The summed E-state index contributed by atoms with van der Waals surface area (Å²) >= 11 is 0. The molecule has 0 unspecified atom stereocenters. The summed E-state index contributed by atoms with van der Waals surface area (Å²) in [5.41, 5.74) is -0.0515. The third-order valence-electron chi connectivity index (χ3n) is 4.73. The van der Waals surface area contributed by atoms with E-state index >= 15 is 0 Å². The van der Waals surface area contributed by atoms with E-state index in [0.717, 1.165) is 32.4 Å². The van der Waals surface area contributed by atoms with Gasteiger partial charge in [0.15, 0.2) is 0 Å². The number of likely N-dealkylation sites (tertiary alicyclic amines) is 1. The Labute approximate surface area is 137 Å². The Morgan fingerprint density at radius 1 is 1.39 bits per heavy atom. The van der Waals surface area contributed by atoms with E-state index in [1.54, 1.807) is 31.4 Å². The van der Waals surface area contributed by atoms with E-state index in [-0.39, 0.29) is 17.6 Å². The van der Waals surface area contributed by atoms with Crippen molar-refractivity contribution in [2.24, 2.45) is 0 Å². The molecule has 7 nitrogen and oxygen atoms in total. The van der Waals surface area contributed by atoms with Gasteiger partial charge >= 0.3 is 0 Å². The van der Waals surface area contributed by atoms with E-state index < -0.39 is 0 Å². The van der Waals surface area contributed by atoms with Gasteiger partial charge in [0.05, 0.1) is 24.8 Å². The Morgan fingerprint density at radius 2 is 2.09 bits per heavy atom. The van der Waals surface area contributed by atoms with Crippen LogP contribution in [0.4, 0.5) is 5.95 Å². The molecule has 3 rings (SSSR count). The van der Waals surface area contributed by atoms with Crippen LogP contribution in [0.1, 0.15) is 19.3 Å². The number of aromatic nitrogens is 2. The van der Waals surface area contributed by atoms with E-state index in [1.165, 1.54) is 0 Å². The van der Waals surface area contributed by atoms with Gasteiger partial charge in [0.25, 0.3) is 0 Å². The highest BCUT2D eigenvalue weighted by atomic mass is 16.5. The Kier molecular flexibility index (Phi) is 4.77.